The van der Waals surface area contributed by atoms with E-state index in [2.05, 4.69) is 28.1 Å². The highest BCUT2D eigenvalue weighted by molar-refractivity contribution is 7.07. The summed E-state index contributed by atoms with van der Waals surface area (Å²) in [4.78, 5) is 21.5. The Morgan fingerprint density at radius 3 is 2.77 bits per heavy atom. The predicted octanol–water partition coefficient (Wildman–Crippen LogP) is 4.98. The van der Waals surface area contributed by atoms with E-state index in [1.165, 1.54) is 30.5 Å². The Morgan fingerprint density at radius 2 is 1.97 bits per heavy atom. The number of thiazole rings is 1. The molecule has 1 aliphatic heterocycles. The number of carbonyl (C=O) groups excluding carboxylic acids is 1. The number of amides is 1. The molecule has 6 heteroatoms. The second kappa shape index (κ2) is 9.76. The van der Waals surface area contributed by atoms with Crippen molar-refractivity contribution in [3.05, 3.63) is 76.2 Å². The van der Waals surface area contributed by atoms with E-state index in [-0.39, 0.29) is 5.91 Å². The van der Waals surface area contributed by atoms with Crippen LogP contribution in [0, 0.1) is 0 Å². The van der Waals surface area contributed by atoms with Crippen molar-refractivity contribution in [1.29, 1.82) is 0 Å². The van der Waals surface area contributed by atoms with Gasteiger partial charge in [-0.3, -0.25) is 4.79 Å². The van der Waals surface area contributed by atoms with Crippen LogP contribution in [0.25, 0.3) is 0 Å². The number of ether oxygens (including phenoxy) is 1. The first-order chi connectivity index (χ1) is 14.7. The molecule has 2 aromatic carbocycles. The Labute approximate surface area is 181 Å². The third kappa shape index (κ3) is 5.00. The molecule has 30 heavy (non-hydrogen) atoms. The van der Waals surface area contributed by atoms with E-state index < -0.39 is 0 Å². The van der Waals surface area contributed by atoms with Crippen LogP contribution in [-0.4, -0.2) is 35.9 Å². The Balaban J connectivity index is 1.43. The van der Waals surface area contributed by atoms with Crippen molar-refractivity contribution in [3.8, 4) is 5.75 Å². The zero-order valence-corrected chi connectivity index (χ0v) is 18.1. The molecule has 0 unspecified atom stereocenters. The van der Waals surface area contributed by atoms with Crippen LogP contribution in [-0.2, 0) is 13.2 Å². The fraction of sp³-hybridized carbons (Fsp3) is 0.333. The van der Waals surface area contributed by atoms with Crippen molar-refractivity contribution in [2.24, 2.45) is 0 Å². The smallest absolute Gasteiger partial charge is 0.254 e. The Bertz CT molecular complexity index is 968. The molecule has 1 aliphatic rings. The molecular formula is C24H27N3O2S. The number of carbonyl (C=O) groups is 1. The summed E-state index contributed by atoms with van der Waals surface area (Å²) < 4.78 is 5.80. The highest BCUT2D eigenvalue weighted by Crippen LogP contribution is 2.26. The summed E-state index contributed by atoms with van der Waals surface area (Å²) in [5, 5.41) is 1.96. The van der Waals surface area contributed by atoms with Gasteiger partial charge in [0.2, 0.25) is 0 Å². The monoisotopic (exact) mass is 421 g/mol. The zero-order valence-electron chi connectivity index (χ0n) is 17.3. The number of aromatic nitrogens is 1. The molecule has 0 atom stereocenters. The van der Waals surface area contributed by atoms with E-state index >= 15 is 0 Å². The molecule has 0 saturated carbocycles. The van der Waals surface area contributed by atoms with Gasteiger partial charge in [-0.05, 0) is 49.1 Å². The molecule has 0 N–H and O–H groups in total. The van der Waals surface area contributed by atoms with E-state index in [9.17, 15) is 4.79 Å². The first kappa shape index (κ1) is 20.4. The van der Waals surface area contributed by atoms with E-state index in [4.69, 9.17) is 4.74 Å². The first-order valence-corrected chi connectivity index (χ1v) is 11.3. The Hall–Kier alpha value is -2.86. The van der Waals surface area contributed by atoms with Crippen molar-refractivity contribution < 1.29 is 9.53 Å². The van der Waals surface area contributed by atoms with E-state index in [1.54, 1.807) is 21.7 Å². The highest BCUT2D eigenvalue weighted by Gasteiger charge is 2.18. The lowest BCUT2D eigenvalue weighted by molar-refractivity contribution is 0.0784. The number of rotatable bonds is 7. The van der Waals surface area contributed by atoms with Crippen molar-refractivity contribution in [3.63, 3.8) is 0 Å². The maximum absolute atomic E-state index is 13.1. The van der Waals surface area contributed by atoms with Gasteiger partial charge in [-0.25, -0.2) is 4.98 Å². The van der Waals surface area contributed by atoms with Crippen LogP contribution >= 0.6 is 11.3 Å². The molecule has 1 amide bonds. The number of piperidine rings is 1. The summed E-state index contributed by atoms with van der Waals surface area (Å²) in [5.41, 5.74) is 5.74. The van der Waals surface area contributed by atoms with E-state index in [1.807, 2.05) is 42.8 Å². The van der Waals surface area contributed by atoms with Crippen LogP contribution in [0.5, 0.6) is 5.75 Å². The Morgan fingerprint density at radius 1 is 1.13 bits per heavy atom. The van der Waals surface area contributed by atoms with Gasteiger partial charge < -0.3 is 14.5 Å². The van der Waals surface area contributed by atoms with Crippen molar-refractivity contribution >= 4 is 22.9 Å². The maximum atomic E-state index is 13.1. The summed E-state index contributed by atoms with van der Waals surface area (Å²) in [6.07, 6.45) is 3.77. The van der Waals surface area contributed by atoms with Gasteiger partial charge in [0.15, 0.2) is 0 Å². The first-order valence-electron chi connectivity index (χ1n) is 10.4. The zero-order chi connectivity index (χ0) is 20.8. The average molecular weight is 422 g/mol. The minimum absolute atomic E-state index is 0.0115. The normalized spacial score (nSPS) is 13.8. The topological polar surface area (TPSA) is 45.7 Å². The molecule has 0 spiro atoms. The van der Waals surface area contributed by atoms with Crippen molar-refractivity contribution in [2.45, 2.75) is 32.4 Å². The lowest BCUT2D eigenvalue weighted by Crippen LogP contribution is -2.32. The number of hydrogen-bond donors (Lipinski definition) is 0. The molecule has 2 heterocycles. The number of hydrogen-bond acceptors (Lipinski definition) is 5. The molecular weight excluding hydrogens is 394 g/mol. The molecule has 4 rings (SSSR count). The molecule has 1 saturated heterocycles. The van der Waals surface area contributed by atoms with Crippen LogP contribution < -0.4 is 9.64 Å². The Kier molecular flexibility index (Phi) is 6.64. The maximum Gasteiger partial charge on any atom is 0.254 e. The number of para-hydroxylation sites is 1. The van der Waals surface area contributed by atoms with Gasteiger partial charge in [0, 0.05) is 43.3 Å². The van der Waals surface area contributed by atoms with E-state index in [0.717, 1.165) is 18.8 Å². The lowest BCUT2D eigenvalue weighted by atomic mass is 10.1. The predicted molar refractivity (Wildman–Crippen MR) is 121 cm³/mol. The van der Waals surface area contributed by atoms with Gasteiger partial charge in [-0.15, -0.1) is 11.3 Å². The molecule has 156 valence electrons. The second-order valence-electron chi connectivity index (χ2n) is 7.63. The summed E-state index contributed by atoms with van der Waals surface area (Å²) >= 11 is 1.54. The summed E-state index contributed by atoms with van der Waals surface area (Å²) in [6.45, 7) is 3.16. The van der Waals surface area contributed by atoms with Gasteiger partial charge in [0.05, 0.1) is 11.2 Å². The fourth-order valence-electron chi connectivity index (χ4n) is 3.82. The lowest BCUT2D eigenvalue weighted by Gasteiger charge is -2.31. The molecule has 5 nitrogen and oxygen atoms in total. The third-order valence-corrected chi connectivity index (χ3v) is 6.03. The van der Waals surface area contributed by atoms with Crippen LogP contribution in [0.15, 0.2) is 59.4 Å². The summed E-state index contributed by atoms with van der Waals surface area (Å²) in [6, 6.07) is 15.8. The van der Waals surface area contributed by atoms with Gasteiger partial charge in [-0.2, -0.15) is 0 Å². The fourth-order valence-corrected chi connectivity index (χ4v) is 4.36. The van der Waals surface area contributed by atoms with Crippen LogP contribution in [0.1, 0.15) is 40.9 Å². The summed E-state index contributed by atoms with van der Waals surface area (Å²) in [7, 11) is 1.86. The summed E-state index contributed by atoms with van der Waals surface area (Å²) in [5.74, 6) is 0.665. The highest BCUT2D eigenvalue weighted by atomic mass is 32.1. The van der Waals surface area contributed by atoms with Crippen molar-refractivity contribution in [2.75, 3.05) is 25.0 Å². The molecule has 0 bridgehead atoms. The number of nitrogens with zero attached hydrogens (tertiary/aromatic N) is 3. The molecule has 3 aromatic rings. The quantitative estimate of drug-likeness (QED) is 0.539. The van der Waals surface area contributed by atoms with Gasteiger partial charge in [0.1, 0.15) is 12.4 Å². The van der Waals surface area contributed by atoms with Gasteiger partial charge in [-0.1, -0.05) is 24.3 Å². The average Bonchev–Trinajstić information content (AvgIpc) is 3.32. The number of anilines is 1. The SMILES string of the molecule is CN(Cc1ccccc1N1CCCCC1)C(=O)c1cccc(OCc2cscn2)c1. The number of benzene rings is 2. The minimum atomic E-state index is -0.0115. The van der Waals surface area contributed by atoms with Crippen LogP contribution in [0.4, 0.5) is 5.69 Å². The minimum Gasteiger partial charge on any atom is -0.487 e. The van der Waals surface area contributed by atoms with E-state index in [0.29, 0.717) is 24.5 Å². The molecule has 0 aliphatic carbocycles. The van der Waals surface area contributed by atoms with Crippen LogP contribution in [0.3, 0.4) is 0 Å². The van der Waals surface area contributed by atoms with Gasteiger partial charge in [0.25, 0.3) is 5.91 Å². The molecule has 0 radical (unpaired) electrons. The van der Waals surface area contributed by atoms with Gasteiger partial charge >= 0.3 is 0 Å². The molecule has 1 aromatic heterocycles. The molecule has 1 fully saturated rings. The largest absolute Gasteiger partial charge is 0.487 e. The second-order valence-corrected chi connectivity index (χ2v) is 8.35. The standard InChI is InChI=1S/C24H27N3O2S/c1-26(15-20-8-3-4-11-23(20)27-12-5-2-6-13-27)24(28)19-9-7-10-22(14-19)29-16-21-17-30-18-25-21/h3-4,7-11,14,17-18H,2,5-6,12-13,15-16H2,1H3. The third-order valence-electron chi connectivity index (χ3n) is 5.39. The van der Waals surface area contributed by atoms with Crippen molar-refractivity contribution in [1.82, 2.24) is 9.88 Å². The van der Waals surface area contributed by atoms with Crippen LogP contribution in [0.2, 0.25) is 0 Å².